The number of ether oxygens (including phenoxy) is 6. The van der Waals surface area contributed by atoms with E-state index < -0.39 is 11.6 Å². The van der Waals surface area contributed by atoms with Crippen molar-refractivity contribution in [2.45, 2.75) is 65.2 Å². The first kappa shape index (κ1) is 32.9. The first-order chi connectivity index (χ1) is 17.5. The molecule has 0 saturated carbocycles. The number of Topliss-reactive ketones (excluding diaryl/α,β-unsaturated/α-hetero) is 2. The van der Waals surface area contributed by atoms with Crippen LogP contribution < -0.4 is 0 Å². The summed E-state index contributed by atoms with van der Waals surface area (Å²) in [4.78, 5) is 25.0. The lowest BCUT2D eigenvalue weighted by molar-refractivity contribution is -0.122. The van der Waals surface area contributed by atoms with E-state index in [1.165, 1.54) is 38.5 Å². The molecule has 10 heteroatoms. The number of carbonyl (C=O) groups is 2. The Bertz CT molecular complexity index is 639. The molecule has 0 bridgehead atoms. The molecule has 0 N–H and O–H groups in total. The lowest BCUT2D eigenvalue weighted by Gasteiger charge is -2.19. The van der Waals surface area contributed by atoms with E-state index >= 15 is 0 Å². The van der Waals surface area contributed by atoms with Crippen LogP contribution >= 0.6 is 23.2 Å². The molecule has 208 valence electrons. The van der Waals surface area contributed by atoms with Crippen LogP contribution in [0.4, 0.5) is 0 Å². The zero-order chi connectivity index (χ0) is 26.4. The molecule has 1 aliphatic carbocycles. The number of rotatable bonds is 24. The summed E-state index contributed by atoms with van der Waals surface area (Å²) in [6, 6.07) is 0. The number of allylic oxidation sites excluding steroid dienone is 2. The Morgan fingerprint density at radius 1 is 0.472 bits per heavy atom. The van der Waals surface area contributed by atoms with Crippen molar-refractivity contribution in [2.24, 2.45) is 0 Å². The summed E-state index contributed by atoms with van der Waals surface area (Å²) in [5.74, 6) is -2.00. The topological polar surface area (TPSA) is 89.5 Å². The summed E-state index contributed by atoms with van der Waals surface area (Å²) in [6.45, 7) is 8.02. The molecule has 0 aromatic heterocycles. The van der Waals surface area contributed by atoms with E-state index in [4.69, 9.17) is 51.6 Å². The van der Waals surface area contributed by atoms with E-state index in [1.54, 1.807) is 0 Å². The largest absolute Gasteiger partial charge is 0.485 e. The summed E-state index contributed by atoms with van der Waals surface area (Å²) < 4.78 is 32.7. The number of hydrogen-bond acceptors (Lipinski definition) is 8. The standard InChI is InChI=1S/C26H42Cl2O8/c1-3-5-7-9-11-31-13-15-33-17-19-35-25-21(27)23(29)22(28)26(24(25)30)36-20-18-34-16-14-32-12-10-8-6-4-2/h3-20H2,1-2H3. The van der Waals surface area contributed by atoms with Crippen LogP contribution in [-0.2, 0) is 38.0 Å². The molecule has 0 unspecified atom stereocenters. The maximum absolute atomic E-state index is 12.7. The maximum atomic E-state index is 12.7. The Balaban J connectivity index is 2.23. The van der Waals surface area contributed by atoms with Crippen molar-refractivity contribution < 1.29 is 38.0 Å². The van der Waals surface area contributed by atoms with Gasteiger partial charge in [0.15, 0.2) is 11.5 Å². The van der Waals surface area contributed by atoms with E-state index in [0.717, 1.165) is 12.8 Å². The number of unbranched alkanes of at least 4 members (excludes halogenated alkanes) is 6. The molecule has 0 heterocycles. The molecule has 8 nitrogen and oxygen atoms in total. The predicted octanol–water partition coefficient (Wildman–Crippen LogP) is 5.30. The van der Waals surface area contributed by atoms with Gasteiger partial charge in [-0.25, -0.2) is 0 Å². The van der Waals surface area contributed by atoms with Crippen LogP contribution in [0.2, 0.25) is 0 Å². The quantitative estimate of drug-likeness (QED) is 0.118. The highest BCUT2D eigenvalue weighted by molar-refractivity contribution is 6.58. The second-order valence-electron chi connectivity index (χ2n) is 8.21. The maximum Gasteiger partial charge on any atom is 0.265 e. The zero-order valence-electron chi connectivity index (χ0n) is 21.7. The summed E-state index contributed by atoms with van der Waals surface area (Å²) in [6.07, 6.45) is 9.23. The number of carbonyl (C=O) groups excluding carboxylic acids is 2. The highest BCUT2D eigenvalue weighted by Gasteiger charge is 2.36. The SMILES string of the molecule is CCCCCCOCCOCCOC1=C(Cl)C(=O)C(Cl)=C(OCCOCCOCCCCCC)C1=O. The minimum Gasteiger partial charge on any atom is -0.485 e. The minimum absolute atomic E-state index is 0.0352. The van der Waals surface area contributed by atoms with Crippen molar-refractivity contribution in [1.82, 2.24) is 0 Å². The van der Waals surface area contributed by atoms with Gasteiger partial charge in [0.2, 0.25) is 5.78 Å². The minimum atomic E-state index is -0.724. The summed E-state index contributed by atoms with van der Waals surface area (Å²) in [7, 11) is 0. The Kier molecular flexibility index (Phi) is 20.0. The van der Waals surface area contributed by atoms with Crippen LogP contribution in [-0.4, -0.2) is 77.6 Å². The van der Waals surface area contributed by atoms with Crippen molar-refractivity contribution in [2.75, 3.05) is 66.1 Å². The summed E-state index contributed by atoms with van der Waals surface area (Å²) >= 11 is 12.0. The molecule has 36 heavy (non-hydrogen) atoms. The predicted molar refractivity (Wildman–Crippen MR) is 139 cm³/mol. The Hall–Kier alpha value is -1.16. The van der Waals surface area contributed by atoms with Crippen molar-refractivity contribution >= 4 is 34.8 Å². The molecule has 0 spiro atoms. The first-order valence-electron chi connectivity index (χ1n) is 13.0. The molecule has 0 aromatic rings. The molecular weight excluding hydrogens is 511 g/mol. The van der Waals surface area contributed by atoms with Crippen molar-refractivity contribution in [1.29, 1.82) is 0 Å². The van der Waals surface area contributed by atoms with Gasteiger partial charge in [0, 0.05) is 13.2 Å². The van der Waals surface area contributed by atoms with Gasteiger partial charge >= 0.3 is 0 Å². The summed E-state index contributed by atoms with van der Waals surface area (Å²) in [5, 5.41) is -0.750. The van der Waals surface area contributed by atoms with Gasteiger partial charge in [-0.2, -0.15) is 0 Å². The monoisotopic (exact) mass is 552 g/mol. The lowest BCUT2D eigenvalue weighted by atomic mass is 10.1. The summed E-state index contributed by atoms with van der Waals surface area (Å²) in [5.41, 5.74) is 0. The van der Waals surface area contributed by atoms with Crippen molar-refractivity contribution in [3.8, 4) is 0 Å². The Morgan fingerprint density at radius 2 is 0.833 bits per heavy atom. The van der Waals surface area contributed by atoms with Crippen LogP contribution in [0.3, 0.4) is 0 Å². The van der Waals surface area contributed by atoms with Crippen LogP contribution in [0.25, 0.3) is 0 Å². The highest BCUT2D eigenvalue weighted by atomic mass is 35.5. The zero-order valence-corrected chi connectivity index (χ0v) is 23.3. The van der Waals surface area contributed by atoms with E-state index in [-0.39, 0.29) is 48.0 Å². The third-order valence-electron chi connectivity index (χ3n) is 5.19. The molecule has 1 rings (SSSR count). The lowest BCUT2D eigenvalue weighted by Crippen LogP contribution is -2.25. The van der Waals surface area contributed by atoms with Crippen LogP contribution in [0, 0.1) is 0 Å². The average Bonchev–Trinajstić information content (AvgIpc) is 2.88. The fourth-order valence-corrected chi connectivity index (χ4v) is 3.69. The fraction of sp³-hybridized carbons (Fsp3) is 0.769. The second-order valence-corrected chi connectivity index (χ2v) is 8.97. The molecule has 0 saturated heterocycles. The first-order valence-corrected chi connectivity index (χ1v) is 13.8. The third kappa shape index (κ3) is 14.0. The number of halogens is 2. The molecule has 0 aliphatic heterocycles. The van der Waals surface area contributed by atoms with E-state index in [2.05, 4.69) is 13.8 Å². The molecule has 0 fully saturated rings. The van der Waals surface area contributed by atoms with Gasteiger partial charge in [-0.15, -0.1) is 0 Å². The molecule has 0 radical (unpaired) electrons. The Morgan fingerprint density at radius 3 is 1.22 bits per heavy atom. The van der Waals surface area contributed by atoms with Gasteiger partial charge in [0.1, 0.15) is 23.3 Å². The van der Waals surface area contributed by atoms with Gasteiger partial charge in [-0.1, -0.05) is 75.6 Å². The molecule has 0 amide bonds. The van der Waals surface area contributed by atoms with Crippen LogP contribution in [0.15, 0.2) is 21.6 Å². The highest BCUT2D eigenvalue weighted by Crippen LogP contribution is 2.30. The normalized spacial score (nSPS) is 14.2. The van der Waals surface area contributed by atoms with Gasteiger partial charge in [0.05, 0.1) is 39.6 Å². The van der Waals surface area contributed by atoms with Crippen LogP contribution in [0.1, 0.15) is 65.2 Å². The molecular formula is C26H42Cl2O8. The molecule has 1 aliphatic rings. The smallest absolute Gasteiger partial charge is 0.265 e. The van der Waals surface area contributed by atoms with E-state index in [0.29, 0.717) is 39.6 Å². The van der Waals surface area contributed by atoms with E-state index in [1.807, 2.05) is 0 Å². The third-order valence-corrected chi connectivity index (χ3v) is 5.87. The van der Waals surface area contributed by atoms with Gasteiger partial charge in [-0.05, 0) is 12.8 Å². The fourth-order valence-electron chi connectivity index (χ4n) is 3.17. The molecule has 0 aromatic carbocycles. The average molecular weight is 554 g/mol. The molecule has 0 atom stereocenters. The van der Waals surface area contributed by atoms with Gasteiger partial charge in [-0.3, -0.25) is 9.59 Å². The Labute approximate surface area is 225 Å². The van der Waals surface area contributed by atoms with Crippen molar-refractivity contribution in [3.63, 3.8) is 0 Å². The van der Waals surface area contributed by atoms with Gasteiger partial charge < -0.3 is 28.4 Å². The van der Waals surface area contributed by atoms with Crippen LogP contribution in [0.5, 0.6) is 0 Å². The number of hydrogen-bond donors (Lipinski definition) is 0. The van der Waals surface area contributed by atoms with Gasteiger partial charge in [0.25, 0.3) is 5.78 Å². The van der Waals surface area contributed by atoms with Crippen molar-refractivity contribution in [3.05, 3.63) is 21.6 Å². The second kappa shape index (κ2) is 21.9. The van der Waals surface area contributed by atoms with E-state index in [9.17, 15) is 9.59 Å². The number of ketones is 2.